The summed E-state index contributed by atoms with van der Waals surface area (Å²) < 4.78 is 5.25. The number of carbonyl (C=O) groups excluding carboxylic acids is 1. The van der Waals surface area contributed by atoms with Crippen LogP contribution in [0.3, 0.4) is 0 Å². The molecule has 0 spiro atoms. The Bertz CT molecular complexity index is 256. The fourth-order valence-electron chi connectivity index (χ4n) is 1.81. The van der Waals surface area contributed by atoms with Gasteiger partial charge < -0.3 is 10.1 Å². The number of nitrogens with one attached hydrogen (secondary N) is 1. The van der Waals surface area contributed by atoms with E-state index in [1.54, 1.807) is 0 Å². The van der Waals surface area contributed by atoms with Gasteiger partial charge in [0.25, 0.3) is 0 Å². The fourth-order valence-corrected chi connectivity index (χ4v) is 1.81. The third kappa shape index (κ3) is 4.00. The molecule has 1 amide bonds. The van der Waals surface area contributed by atoms with Crippen molar-refractivity contribution in [2.24, 2.45) is 5.41 Å². The van der Waals surface area contributed by atoms with Crippen molar-refractivity contribution in [2.45, 2.75) is 52.7 Å². The molecule has 0 aromatic rings. The van der Waals surface area contributed by atoms with Crippen molar-refractivity contribution in [2.75, 3.05) is 13.1 Å². The highest BCUT2D eigenvalue weighted by molar-refractivity contribution is 5.68. The van der Waals surface area contributed by atoms with Gasteiger partial charge in [0.15, 0.2) is 0 Å². The van der Waals surface area contributed by atoms with E-state index in [1.807, 2.05) is 20.8 Å². The average Bonchev–Trinajstić information content (AvgIpc) is 2.05. The lowest BCUT2D eigenvalue weighted by molar-refractivity contribution is 0.0433. The summed E-state index contributed by atoms with van der Waals surface area (Å²) in [6.07, 6.45) is 0.569. The fraction of sp³-hybridized carbons (Fsp3) is 0.917. The molecule has 0 aromatic carbocycles. The zero-order chi connectivity index (χ0) is 12.4. The van der Waals surface area contributed by atoms with Crippen LogP contribution in [0.15, 0.2) is 0 Å². The van der Waals surface area contributed by atoms with E-state index in [4.69, 9.17) is 4.74 Å². The first-order chi connectivity index (χ1) is 7.21. The predicted molar refractivity (Wildman–Crippen MR) is 63.4 cm³/mol. The van der Waals surface area contributed by atoms with Gasteiger partial charge in [0.1, 0.15) is 5.60 Å². The summed E-state index contributed by atoms with van der Waals surface area (Å²) in [4.78, 5) is 11.7. The molecule has 16 heavy (non-hydrogen) atoms. The van der Waals surface area contributed by atoms with Crippen LogP contribution in [0, 0.1) is 5.41 Å². The minimum absolute atomic E-state index is 0.0230. The van der Waals surface area contributed by atoms with Gasteiger partial charge in [-0.2, -0.15) is 0 Å². The first-order valence-corrected chi connectivity index (χ1v) is 5.83. The Kier molecular flexibility index (Phi) is 3.84. The summed E-state index contributed by atoms with van der Waals surface area (Å²) in [6.45, 7) is 11.5. The van der Waals surface area contributed by atoms with Crippen LogP contribution in [0.4, 0.5) is 4.79 Å². The lowest BCUT2D eigenvalue weighted by Gasteiger charge is -2.38. The number of hydrogen-bond donors (Lipinski definition) is 1. The van der Waals surface area contributed by atoms with Crippen molar-refractivity contribution in [3.05, 3.63) is 0 Å². The maximum absolute atomic E-state index is 11.7. The molecule has 0 aromatic heterocycles. The maximum Gasteiger partial charge on any atom is 0.407 e. The summed E-state index contributed by atoms with van der Waals surface area (Å²) in [5.74, 6) is 0. The van der Waals surface area contributed by atoms with Crippen LogP contribution in [0.25, 0.3) is 0 Å². The molecule has 0 aliphatic carbocycles. The molecule has 1 fully saturated rings. The van der Waals surface area contributed by atoms with Crippen LogP contribution in [0.5, 0.6) is 0 Å². The molecule has 1 aliphatic rings. The van der Waals surface area contributed by atoms with E-state index in [-0.39, 0.29) is 17.6 Å². The predicted octanol–water partition coefficient (Wildman–Crippen LogP) is 1.91. The van der Waals surface area contributed by atoms with Crippen molar-refractivity contribution in [3.8, 4) is 0 Å². The maximum atomic E-state index is 11.7. The second-order valence-corrected chi connectivity index (χ2v) is 6.08. The van der Waals surface area contributed by atoms with Crippen LogP contribution in [-0.4, -0.2) is 30.8 Å². The minimum atomic E-state index is -0.437. The van der Waals surface area contributed by atoms with Gasteiger partial charge in [0.05, 0.1) is 0 Å². The molecular weight excluding hydrogens is 204 g/mol. The Morgan fingerprint density at radius 3 is 2.56 bits per heavy atom. The third-order valence-corrected chi connectivity index (χ3v) is 2.73. The van der Waals surface area contributed by atoms with E-state index in [0.29, 0.717) is 0 Å². The smallest absolute Gasteiger partial charge is 0.407 e. The highest BCUT2D eigenvalue weighted by Crippen LogP contribution is 2.25. The van der Waals surface area contributed by atoms with Crippen molar-refractivity contribution in [3.63, 3.8) is 0 Å². The first-order valence-electron chi connectivity index (χ1n) is 5.83. The van der Waals surface area contributed by atoms with Gasteiger partial charge in [-0.15, -0.1) is 0 Å². The zero-order valence-electron chi connectivity index (χ0n) is 11.0. The molecule has 1 saturated heterocycles. The zero-order valence-corrected chi connectivity index (χ0v) is 11.0. The van der Waals surface area contributed by atoms with Crippen molar-refractivity contribution in [1.29, 1.82) is 0 Å². The number of ether oxygens (including phenoxy) is 1. The highest BCUT2D eigenvalue weighted by Gasteiger charge is 2.34. The summed E-state index contributed by atoms with van der Waals surface area (Å²) in [6, 6.07) is 0.153. The molecular formula is C12H23N2O2. The second kappa shape index (κ2) is 4.62. The van der Waals surface area contributed by atoms with Crippen LogP contribution >= 0.6 is 0 Å². The van der Waals surface area contributed by atoms with E-state index in [1.165, 1.54) is 0 Å². The third-order valence-electron chi connectivity index (χ3n) is 2.73. The van der Waals surface area contributed by atoms with Gasteiger partial charge in [-0.3, -0.25) is 0 Å². The largest absolute Gasteiger partial charge is 0.444 e. The van der Waals surface area contributed by atoms with Gasteiger partial charge in [-0.05, 0) is 32.6 Å². The van der Waals surface area contributed by atoms with Crippen molar-refractivity contribution >= 4 is 6.09 Å². The normalized spacial score (nSPS) is 24.9. The molecule has 93 valence electrons. The lowest BCUT2D eigenvalue weighted by Crippen LogP contribution is -2.53. The Balaban J connectivity index is 2.49. The number of piperidine rings is 1. The van der Waals surface area contributed by atoms with E-state index in [2.05, 4.69) is 24.5 Å². The molecule has 4 heteroatoms. The monoisotopic (exact) mass is 227 g/mol. The van der Waals surface area contributed by atoms with Gasteiger partial charge in [0.2, 0.25) is 0 Å². The van der Waals surface area contributed by atoms with Gasteiger partial charge in [-0.25, -0.2) is 10.1 Å². The Hall–Kier alpha value is -0.770. The summed E-state index contributed by atoms with van der Waals surface area (Å²) in [7, 11) is 0. The molecule has 1 radical (unpaired) electrons. The first kappa shape index (κ1) is 13.3. The molecule has 0 saturated carbocycles. The van der Waals surface area contributed by atoms with Crippen molar-refractivity contribution < 1.29 is 9.53 Å². The number of hydrogen-bond acceptors (Lipinski definition) is 2. The van der Waals surface area contributed by atoms with Gasteiger partial charge in [0, 0.05) is 19.1 Å². The van der Waals surface area contributed by atoms with E-state index < -0.39 is 5.60 Å². The lowest BCUT2D eigenvalue weighted by atomic mass is 9.80. The molecule has 4 nitrogen and oxygen atoms in total. The quantitative estimate of drug-likeness (QED) is 0.744. The Morgan fingerprint density at radius 2 is 2.06 bits per heavy atom. The molecule has 1 heterocycles. The minimum Gasteiger partial charge on any atom is -0.444 e. The Morgan fingerprint density at radius 1 is 1.44 bits per heavy atom. The average molecular weight is 227 g/mol. The highest BCUT2D eigenvalue weighted by atomic mass is 16.6. The van der Waals surface area contributed by atoms with Crippen LogP contribution in [-0.2, 0) is 4.74 Å². The summed E-state index contributed by atoms with van der Waals surface area (Å²) in [5, 5.41) is 7.31. The van der Waals surface area contributed by atoms with Crippen LogP contribution < -0.4 is 10.6 Å². The summed E-state index contributed by atoms with van der Waals surface area (Å²) in [5.41, 5.74) is -0.414. The van der Waals surface area contributed by atoms with Crippen molar-refractivity contribution in [1.82, 2.24) is 10.6 Å². The molecule has 1 atom stereocenters. The van der Waals surface area contributed by atoms with E-state index in [0.717, 1.165) is 19.5 Å². The number of rotatable bonds is 1. The van der Waals surface area contributed by atoms with Crippen LogP contribution in [0.2, 0.25) is 0 Å². The van der Waals surface area contributed by atoms with E-state index >= 15 is 0 Å². The molecule has 1 aliphatic heterocycles. The molecule has 1 N–H and O–H groups in total. The molecule has 1 unspecified atom stereocenters. The number of alkyl carbamates (subject to hydrolysis) is 1. The topological polar surface area (TPSA) is 52.4 Å². The number of amides is 1. The standard InChI is InChI=1S/C12H23N2O2/c1-11(2,3)16-10(15)14-9-6-7-13-8-12(9,4)5/h9H,6-8H2,1-5H3,(H,14,15). The number of nitrogens with zero attached hydrogens (tertiary/aromatic N) is 1. The Labute approximate surface area is 98.1 Å². The molecule has 0 bridgehead atoms. The number of carbonyl (C=O) groups is 1. The van der Waals surface area contributed by atoms with Crippen LogP contribution in [0.1, 0.15) is 41.0 Å². The van der Waals surface area contributed by atoms with E-state index in [9.17, 15) is 4.79 Å². The van der Waals surface area contributed by atoms with Gasteiger partial charge in [-0.1, -0.05) is 13.8 Å². The second-order valence-electron chi connectivity index (χ2n) is 6.08. The molecule has 1 rings (SSSR count). The van der Waals surface area contributed by atoms with Gasteiger partial charge >= 0.3 is 6.09 Å². The SMILES string of the molecule is CC(C)(C)OC(=O)NC1CC[N]CC1(C)C. The summed E-state index contributed by atoms with van der Waals surface area (Å²) >= 11 is 0.